The molecule has 3 aromatic carbocycles. The highest BCUT2D eigenvalue weighted by Crippen LogP contribution is 2.35. The van der Waals surface area contributed by atoms with Gasteiger partial charge in [0.25, 0.3) is 0 Å². The minimum atomic E-state index is -1.13. The zero-order valence-corrected chi connectivity index (χ0v) is 15.9. The first-order chi connectivity index (χ1) is 14.4. The maximum Gasteiger partial charge on any atom is 0.160 e. The second-order valence-electron chi connectivity index (χ2n) is 6.82. The van der Waals surface area contributed by atoms with Crippen molar-refractivity contribution in [2.75, 3.05) is 14.7 Å². The van der Waals surface area contributed by atoms with Crippen LogP contribution in [-0.2, 0) is 0 Å². The molecule has 3 aromatic rings. The van der Waals surface area contributed by atoms with Gasteiger partial charge in [-0.2, -0.15) is 0 Å². The smallest absolute Gasteiger partial charge is 0.160 e. The molecule has 6 N–H and O–H groups in total. The zero-order chi connectivity index (χ0) is 21.4. The highest BCUT2D eigenvalue weighted by atomic mass is 19.1. The van der Waals surface area contributed by atoms with E-state index in [0.717, 1.165) is 0 Å². The SMILES string of the molecule is NC1N(c2ccccc2F)C(N)N(c2ccccc2F)C(N)N1c1ccccc1F. The number of nitrogens with zero attached hydrogens (tertiary/aromatic N) is 3. The van der Waals surface area contributed by atoms with Gasteiger partial charge in [-0.25, -0.2) is 13.2 Å². The van der Waals surface area contributed by atoms with Crippen molar-refractivity contribution in [1.29, 1.82) is 0 Å². The summed E-state index contributed by atoms with van der Waals surface area (Å²) in [6.45, 7) is 0. The Balaban J connectivity index is 1.90. The third-order valence-corrected chi connectivity index (χ3v) is 5.10. The largest absolute Gasteiger partial charge is 0.303 e. The highest BCUT2D eigenvalue weighted by molar-refractivity contribution is 5.63. The van der Waals surface area contributed by atoms with Crippen molar-refractivity contribution in [3.8, 4) is 0 Å². The number of nitrogens with two attached hydrogens (primary N) is 3. The van der Waals surface area contributed by atoms with Crippen LogP contribution < -0.4 is 31.9 Å². The lowest BCUT2D eigenvalue weighted by atomic mass is 10.2. The second kappa shape index (κ2) is 7.86. The van der Waals surface area contributed by atoms with Crippen LogP contribution in [0.1, 0.15) is 0 Å². The van der Waals surface area contributed by atoms with Crippen LogP contribution in [0.5, 0.6) is 0 Å². The Hall–Kier alpha value is -3.27. The quantitative estimate of drug-likeness (QED) is 0.611. The Morgan fingerprint density at radius 3 is 0.933 bits per heavy atom. The van der Waals surface area contributed by atoms with E-state index in [1.165, 1.54) is 69.3 Å². The highest BCUT2D eigenvalue weighted by Gasteiger charge is 2.44. The molecule has 1 aliphatic rings. The fourth-order valence-electron chi connectivity index (χ4n) is 3.71. The summed E-state index contributed by atoms with van der Waals surface area (Å²) >= 11 is 0. The Morgan fingerprint density at radius 2 is 0.700 bits per heavy atom. The van der Waals surface area contributed by atoms with E-state index < -0.39 is 36.3 Å². The minimum Gasteiger partial charge on any atom is -0.303 e. The van der Waals surface area contributed by atoms with Gasteiger partial charge in [-0.1, -0.05) is 36.4 Å². The predicted molar refractivity (Wildman–Crippen MR) is 111 cm³/mol. The maximum absolute atomic E-state index is 14.7. The molecule has 4 rings (SSSR count). The van der Waals surface area contributed by atoms with Crippen LogP contribution >= 0.6 is 0 Å². The van der Waals surface area contributed by atoms with E-state index in [1.807, 2.05) is 0 Å². The molecule has 0 unspecified atom stereocenters. The van der Waals surface area contributed by atoms with Gasteiger partial charge in [0.15, 0.2) is 18.9 Å². The van der Waals surface area contributed by atoms with E-state index in [0.29, 0.717) is 0 Å². The lowest BCUT2D eigenvalue weighted by Crippen LogP contribution is -2.79. The number of halogens is 3. The summed E-state index contributed by atoms with van der Waals surface area (Å²) in [5, 5.41) is 0. The molecule has 0 amide bonds. The molecule has 0 radical (unpaired) electrons. The van der Waals surface area contributed by atoms with E-state index in [-0.39, 0.29) is 17.1 Å². The topological polar surface area (TPSA) is 87.8 Å². The Bertz CT molecular complexity index is 905. The fraction of sp³-hybridized carbons (Fsp3) is 0.143. The van der Waals surface area contributed by atoms with Gasteiger partial charge in [0.2, 0.25) is 0 Å². The van der Waals surface area contributed by atoms with E-state index in [2.05, 4.69) is 0 Å². The van der Waals surface area contributed by atoms with Gasteiger partial charge < -0.3 is 14.7 Å². The summed E-state index contributed by atoms with van der Waals surface area (Å²) in [5.74, 6) is -1.75. The van der Waals surface area contributed by atoms with Crippen LogP contribution in [0.3, 0.4) is 0 Å². The molecule has 1 heterocycles. The number of anilines is 3. The Kier molecular flexibility index (Phi) is 5.25. The molecule has 0 saturated carbocycles. The average molecular weight is 414 g/mol. The molecule has 1 fully saturated rings. The maximum atomic E-state index is 14.7. The summed E-state index contributed by atoms with van der Waals surface area (Å²) in [6, 6.07) is 17.7. The van der Waals surface area contributed by atoms with E-state index in [9.17, 15) is 13.2 Å². The number of rotatable bonds is 3. The van der Waals surface area contributed by atoms with Gasteiger partial charge in [0.05, 0.1) is 17.1 Å². The molecular formula is C21H21F3N6. The number of hydrogen-bond acceptors (Lipinski definition) is 6. The van der Waals surface area contributed by atoms with Crippen molar-refractivity contribution < 1.29 is 13.2 Å². The van der Waals surface area contributed by atoms with Crippen molar-refractivity contribution in [3.05, 3.63) is 90.2 Å². The van der Waals surface area contributed by atoms with Crippen molar-refractivity contribution >= 4 is 17.1 Å². The summed E-state index contributed by atoms with van der Waals surface area (Å²) < 4.78 is 44.0. The summed E-state index contributed by atoms with van der Waals surface area (Å²) in [5.41, 5.74) is 19.5. The van der Waals surface area contributed by atoms with Crippen LogP contribution in [0.4, 0.5) is 30.2 Å². The molecular weight excluding hydrogens is 393 g/mol. The lowest BCUT2D eigenvalue weighted by molar-refractivity contribution is 0.344. The molecule has 1 aliphatic heterocycles. The van der Waals surface area contributed by atoms with Crippen molar-refractivity contribution in [3.63, 3.8) is 0 Å². The zero-order valence-electron chi connectivity index (χ0n) is 15.9. The molecule has 9 heteroatoms. The number of hydrogen-bond donors (Lipinski definition) is 3. The van der Waals surface area contributed by atoms with Crippen molar-refractivity contribution in [2.45, 2.75) is 18.9 Å². The molecule has 0 spiro atoms. The molecule has 0 bridgehead atoms. The lowest BCUT2D eigenvalue weighted by Gasteiger charge is -2.56. The molecule has 0 atom stereocenters. The van der Waals surface area contributed by atoms with Crippen LogP contribution in [0.2, 0.25) is 0 Å². The molecule has 0 aliphatic carbocycles. The fourth-order valence-corrected chi connectivity index (χ4v) is 3.71. The first kappa shape index (κ1) is 20.0. The standard InChI is InChI=1S/C21H21F3N6/c22-13-7-1-4-10-16(13)28-19(25)29(17-11-5-2-8-14(17)23)21(27)30(20(28)26)18-12-6-3-9-15(18)24/h1-12,19-21H,25-27H2. The van der Waals surface area contributed by atoms with Crippen molar-refractivity contribution in [2.24, 2.45) is 17.2 Å². The molecule has 156 valence electrons. The van der Waals surface area contributed by atoms with E-state index in [4.69, 9.17) is 17.2 Å². The summed E-state index contributed by atoms with van der Waals surface area (Å²) in [7, 11) is 0. The van der Waals surface area contributed by atoms with Gasteiger partial charge >= 0.3 is 0 Å². The average Bonchev–Trinajstić information content (AvgIpc) is 2.72. The Morgan fingerprint density at radius 1 is 0.467 bits per heavy atom. The number of para-hydroxylation sites is 3. The molecule has 1 saturated heterocycles. The third kappa shape index (κ3) is 3.22. The molecule has 6 nitrogen and oxygen atoms in total. The van der Waals surface area contributed by atoms with Crippen molar-refractivity contribution in [1.82, 2.24) is 0 Å². The minimum absolute atomic E-state index is 0.0760. The number of benzene rings is 3. The molecule has 30 heavy (non-hydrogen) atoms. The summed E-state index contributed by atoms with van der Waals surface area (Å²) in [6.07, 6.45) is -3.40. The second-order valence-corrected chi connectivity index (χ2v) is 6.82. The van der Waals surface area contributed by atoms with Crippen LogP contribution in [0, 0.1) is 17.5 Å². The van der Waals surface area contributed by atoms with Crippen LogP contribution in [0.25, 0.3) is 0 Å². The van der Waals surface area contributed by atoms with Gasteiger partial charge in [0.1, 0.15) is 17.5 Å². The van der Waals surface area contributed by atoms with Crippen LogP contribution in [-0.4, -0.2) is 18.9 Å². The van der Waals surface area contributed by atoms with Gasteiger partial charge in [-0.15, -0.1) is 0 Å². The first-order valence-electron chi connectivity index (χ1n) is 9.27. The molecule has 0 aromatic heterocycles. The Labute approximate surface area is 171 Å². The third-order valence-electron chi connectivity index (χ3n) is 5.10. The predicted octanol–water partition coefficient (Wildman–Crippen LogP) is 2.66. The van der Waals surface area contributed by atoms with Crippen LogP contribution in [0.15, 0.2) is 72.8 Å². The monoisotopic (exact) mass is 414 g/mol. The van der Waals surface area contributed by atoms with Gasteiger partial charge in [-0.3, -0.25) is 17.2 Å². The normalized spacial score (nSPS) is 21.8. The van der Waals surface area contributed by atoms with E-state index in [1.54, 1.807) is 18.2 Å². The van der Waals surface area contributed by atoms with Gasteiger partial charge in [0, 0.05) is 0 Å². The first-order valence-corrected chi connectivity index (χ1v) is 9.27. The van der Waals surface area contributed by atoms with E-state index >= 15 is 0 Å². The van der Waals surface area contributed by atoms with Gasteiger partial charge in [-0.05, 0) is 36.4 Å². The summed E-state index contributed by atoms with van der Waals surface area (Å²) in [4.78, 5) is 3.99.